The highest BCUT2D eigenvalue weighted by atomic mass is 35.5. The molecule has 1 heterocycles. The van der Waals surface area contributed by atoms with Crippen molar-refractivity contribution < 1.29 is 14.4 Å². The minimum atomic E-state index is -0.321. The van der Waals surface area contributed by atoms with E-state index in [1.54, 1.807) is 7.11 Å². The van der Waals surface area contributed by atoms with Crippen molar-refractivity contribution in [1.29, 1.82) is 0 Å². The van der Waals surface area contributed by atoms with Gasteiger partial charge in [-0.05, 0) is 32.0 Å². The van der Waals surface area contributed by atoms with E-state index >= 15 is 0 Å². The molecule has 1 amide bonds. The second-order valence-electron chi connectivity index (χ2n) is 5.63. The maximum Gasteiger partial charge on any atom is 0.272 e. The first-order valence-electron chi connectivity index (χ1n) is 7.16. The summed E-state index contributed by atoms with van der Waals surface area (Å²) in [6.07, 6.45) is 0. The summed E-state index contributed by atoms with van der Waals surface area (Å²) in [7, 11) is 1.62. The molecule has 118 valence electrons. The third kappa shape index (κ3) is 3.87. The summed E-state index contributed by atoms with van der Waals surface area (Å²) in [5, 5.41) is 1.44. The molecule has 5 nitrogen and oxygen atoms in total. The van der Waals surface area contributed by atoms with E-state index < -0.39 is 0 Å². The van der Waals surface area contributed by atoms with E-state index in [9.17, 15) is 4.79 Å². The van der Waals surface area contributed by atoms with Crippen molar-refractivity contribution in [2.45, 2.75) is 26.4 Å². The number of hydrogen-bond donors (Lipinski definition) is 2. The number of hydrogen-bond acceptors (Lipinski definition) is 3. The molecule has 0 aliphatic heterocycles. The predicted molar refractivity (Wildman–Crippen MR) is 87.2 cm³/mol. The predicted octanol–water partition coefficient (Wildman–Crippen LogP) is 1.18. The zero-order chi connectivity index (χ0) is 16.3. The van der Waals surface area contributed by atoms with Gasteiger partial charge in [-0.3, -0.25) is 4.79 Å². The van der Waals surface area contributed by atoms with Crippen LogP contribution in [-0.2, 0) is 11.3 Å². The van der Waals surface area contributed by atoms with Crippen LogP contribution in [-0.4, -0.2) is 30.6 Å². The molecule has 0 fully saturated rings. The quantitative estimate of drug-likeness (QED) is 0.785. The minimum absolute atomic E-state index is 0.259. The molecule has 0 aliphatic carbocycles. The number of primary amides is 1. The lowest BCUT2D eigenvalue weighted by Crippen LogP contribution is -3.14. The van der Waals surface area contributed by atoms with Gasteiger partial charge < -0.3 is 15.4 Å². The van der Waals surface area contributed by atoms with E-state index in [1.165, 1.54) is 0 Å². The molecule has 3 N–H and O–H groups in total. The van der Waals surface area contributed by atoms with Crippen LogP contribution in [0, 0.1) is 0 Å². The minimum Gasteiger partial charge on any atom is -0.497 e. The van der Waals surface area contributed by atoms with Gasteiger partial charge in [0.05, 0.1) is 18.7 Å². The van der Waals surface area contributed by atoms with Crippen molar-refractivity contribution >= 4 is 28.4 Å². The van der Waals surface area contributed by atoms with E-state index in [0.29, 0.717) is 11.7 Å². The maximum absolute atomic E-state index is 11.2. The number of nitrogens with two attached hydrogens (primary N) is 1. The number of pyridine rings is 1. The van der Waals surface area contributed by atoms with Gasteiger partial charge in [-0.15, -0.1) is 0 Å². The summed E-state index contributed by atoms with van der Waals surface area (Å²) in [5.74, 6) is 0.422. The smallest absolute Gasteiger partial charge is 0.272 e. The van der Waals surface area contributed by atoms with Crippen LogP contribution in [0.2, 0.25) is 5.15 Å². The number of aromatic nitrogens is 1. The Kier molecular flexibility index (Phi) is 5.21. The zero-order valence-corrected chi connectivity index (χ0v) is 13.8. The SMILES string of the molecule is COc1ccc2cc(C[NH+](CC(N)=O)C(C)C)c(Cl)nc2c1. The molecule has 0 aliphatic rings. The standard InChI is InChI=1S/C16H20ClN3O2/c1-10(2)20(9-15(18)21)8-12-6-11-4-5-13(22-3)7-14(11)19-16(12)17/h4-7,10H,8-9H2,1-3H3,(H2,18,21)/p+1. The monoisotopic (exact) mass is 322 g/mol. The molecule has 6 heteroatoms. The average molecular weight is 323 g/mol. The van der Waals surface area contributed by atoms with Crippen molar-refractivity contribution in [3.63, 3.8) is 0 Å². The topological polar surface area (TPSA) is 69.7 Å². The fourth-order valence-corrected chi connectivity index (χ4v) is 2.57. The Hall–Kier alpha value is -1.85. The van der Waals surface area contributed by atoms with Gasteiger partial charge in [0.1, 0.15) is 17.4 Å². The molecule has 0 radical (unpaired) electrons. The number of rotatable bonds is 6. The number of carbonyl (C=O) groups excluding carboxylic acids is 1. The molecule has 2 aromatic rings. The number of benzene rings is 1. The van der Waals surface area contributed by atoms with Gasteiger partial charge in [0.25, 0.3) is 5.91 Å². The lowest BCUT2D eigenvalue weighted by atomic mass is 10.1. The number of amides is 1. The summed E-state index contributed by atoms with van der Waals surface area (Å²) in [5.41, 5.74) is 7.02. The van der Waals surface area contributed by atoms with Gasteiger partial charge in [0, 0.05) is 17.0 Å². The number of carbonyl (C=O) groups is 1. The Bertz CT molecular complexity index is 688. The molecule has 0 spiro atoms. The number of quaternary nitrogens is 1. The normalized spacial score (nSPS) is 12.6. The summed E-state index contributed by atoms with van der Waals surface area (Å²) in [6, 6.07) is 7.95. The van der Waals surface area contributed by atoms with E-state index in [-0.39, 0.29) is 18.5 Å². The molecular formula is C16H21ClN3O2+. The second kappa shape index (κ2) is 6.94. The molecule has 0 saturated carbocycles. The zero-order valence-electron chi connectivity index (χ0n) is 13.0. The summed E-state index contributed by atoms with van der Waals surface area (Å²) >= 11 is 6.30. The number of ether oxygens (including phenoxy) is 1. The molecule has 0 saturated heterocycles. The first-order valence-corrected chi connectivity index (χ1v) is 7.54. The number of fused-ring (bicyclic) bond motifs is 1. The van der Waals surface area contributed by atoms with Gasteiger partial charge >= 0.3 is 0 Å². The van der Waals surface area contributed by atoms with Crippen LogP contribution in [0.25, 0.3) is 10.9 Å². The molecular weight excluding hydrogens is 302 g/mol. The van der Waals surface area contributed by atoms with Gasteiger partial charge in [0.15, 0.2) is 6.54 Å². The highest BCUT2D eigenvalue weighted by Crippen LogP contribution is 2.23. The molecule has 22 heavy (non-hydrogen) atoms. The molecule has 1 atom stereocenters. The number of nitrogens with one attached hydrogen (secondary N) is 1. The van der Waals surface area contributed by atoms with Gasteiger partial charge in [0.2, 0.25) is 0 Å². The largest absolute Gasteiger partial charge is 0.497 e. The molecule has 2 rings (SSSR count). The van der Waals surface area contributed by atoms with Crippen LogP contribution < -0.4 is 15.4 Å². The maximum atomic E-state index is 11.2. The Morgan fingerprint density at radius 1 is 1.41 bits per heavy atom. The van der Waals surface area contributed by atoms with Crippen molar-refractivity contribution in [1.82, 2.24) is 4.98 Å². The lowest BCUT2D eigenvalue weighted by Gasteiger charge is -2.22. The van der Waals surface area contributed by atoms with Gasteiger partial charge in [-0.25, -0.2) is 4.98 Å². The molecule has 1 aromatic heterocycles. The average Bonchev–Trinajstić information content (AvgIpc) is 2.46. The first kappa shape index (κ1) is 16.5. The van der Waals surface area contributed by atoms with Crippen LogP contribution >= 0.6 is 11.6 Å². The van der Waals surface area contributed by atoms with Crippen LogP contribution in [0.3, 0.4) is 0 Å². The summed E-state index contributed by atoms with van der Waals surface area (Å²) < 4.78 is 5.19. The van der Waals surface area contributed by atoms with E-state index in [1.807, 2.05) is 38.1 Å². The Morgan fingerprint density at radius 3 is 2.73 bits per heavy atom. The van der Waals surface area contributed by atoms with E-state index in [4.69, 9.17) is 22.1 Å². The van der Waals surface area contributed by atoms with Crippen LogP contribution in [0.4, 0.5) is 0 Å². The number of nitrogens with zero attached hydrogens (tertiary/aromatic N) is 1. The first-order chi connectivity index (χ1) is 10.4. The van der Waals surface area contributed by atoms with Crippen LogP contribution in [0.1, 0.15) is 19.4 Å². The number of halogens is 1. The van der Waals surface area contributed by atoms with Crippen LogP contribution in [0.5, 0.6) is 5.75 Å². The third-order valence-electron chi connectivity index (χ3n) is 3.69. The van der Waals surface area contributed by atoms with E-state index in [0.717, 1.165) is 27.1 Å². The van der Waals surface area contributed by atoms with Gasteiger partial charge in [-0.1, -0.05) is 11.6 Å². The lowest BCUT2D eigenvalue weighted by molar-refractivity contribution is -0.927. The third-order valence-corrected chi connectivity index (χ3v) is 4.01. The van der Waals surface area contributed by atoms with Crippen molar-refractivity contribution in [3.8, 4) is 5.75 Å². The van der Waals surface area contributed by atoms with Crippen molar-refractivity contribution in [2.75, 3.05) is 13.7 Å². The summed E-state index contributed by atoms with van der Waals surface area (Å²) in [4.78, 5) is 16.7. The van der Waals surface area contributed by atoms with Crippen molar-refractivity contribution in [2.24, 2.45) is 5.73 Å². The van der Waals surface area contributed by atoms with Crippen molar-refractivity contribution in [3.05, 3.63) is 35.0 Å². The highest BCUT2D eigenvalue weighted by Gasteiger charge is 2.19. The Balaban J connectivity index is 2.34. The number of methoxy groups -OCH3 is 1. The second-order valence-corrected chi connectivity index (χ2v) is 5.99. The van der Waals surface area contributed by atoms with E-state index in [2.05, 4.69) is 4.98 Å². The van der Waals surface area contributed by atoms with Crippen LogP contribution in [0.15, 0.2) is 24.3 Å². The Morgan fingerprint density at radius 2 is 2.14 bits per heavy atom. The summed E-state index contributed by atoms with van der Waals surface area (Å²) in [6.45, 7) is 4.97. The molecule has 0 bridgehead atoms. The Labute approximate surface area is 135 Å². The fourth-order valence-electron chi connectivity index (χ4n) is 2.36. The fraction of sp³-hybridized carbons (Fsp3) is 0.375. The van der Waals surface area contributed by atoms with Gasteiger partial charge in [-0.2, -0.15) is 0 Å². The highest BCUT2D eigenvalue weighted by molar-refractivity contribution is 6.30. The molecule has 1 aromatic carbocycles. The molecule has 1 unspecified atom stereocenters.